The highest BCUT2D eigenvalue weighted by molar-refractivity contribution is 5.39. The van der Waals surface area contributed by atoms with Crippen molar-refractivity contribution in [2.45, 2.75) is 44.8 Å². The molecule has 1 aromatic rings. The molecule has 0 aromatic heterocycles. The number of benzene rings is 1. The van der Waals surface area contributed by atoms with E-state index in [1.165, 1.54) is 17.5 Å². The van der Waals surface area contributed by atoms with E-state index < -0.39 is 0 Å². The Kier molecular flexibility index (Phi) is 5.23. The van der Waals surface area contributed by atoms with E-state index in [1.54, 1.807) is 7.11 Å². The van der Waals surface area contributed by atoms with Crippen LogP contribution in [-0.2, 0) is 11.2 Å². The molecule has 0 amide bonds. The fraction of sp³-hybridized carbons (Fsp3) is 0.625. The molecule has 2 rings (SSSR count). The molecule has 2 atom stereocenters. The first-order chi connectivity index (χ1) is 9.30. The molecule has 0 fully saturated rings. The summed E-state index contributed by atoms with van der Waals surface area (Å²) >= 11 is 0. The van der Waals surface area contributed by atoms with Crippen LogP contribution in [-0.4, -0.2) is 26.9 Å². The molecule has 0 radical (unpaired) electrons. The summed E-state index contributed by atoms with van der Waals surface area (Å²) in [5.74, 6) is 0.943. The molecule has 3 nitrogen and oxygen atoms in total. The summed E-state index contributed by atoms with van der Waals surface area (Å²) in [6.45, 7) is 3.06. The third-order valence-electron chi connectivity index (χ3n) is 3.90. The average molecular weight is 263 g/mol. The predicted molar refractivity (Wildman–Crippen MR) is 77.8 cm³/mol. The Morgan fingerprint density at radius 3 is 2.89 bits per heavy atom. The number of methoxy groups -OCH3 is 1. The topological polar surface area (TPSA) is 30.5 Å². The molecule has 0 heterocycles. The Morgan fingerprint density at radius 2 is 2.21 bits per heavy atom. The maximum Gasteiger partial charge on any atom is 0.119 e. The Balaban J connectivity index is 2.12. The van der Waals surface area contributed by atoms with Gasteiger partial charge < -0.3 is 14.8 Å². The molecule has 1 aliphatic rings. The molecule has 0 bridgehead atoms. The number of ether oxygens (including phenoxy) is 2. The zero-order valence-corrected chi connectivity index (χ0v) is 12.2. The quantitative estimate of drug-likeness (QED) is 0.800. The summed E-state index contributed by atoms with van der Waals surface area (Å²) < 4.78 is 11.4. The highest BCUT2D eigenvalue weighted by atomic mass is 16.5. The van der Waals surface area contributed by atoms with E-state index in [1.807, 2.05) is 13.1 Å². The average Bonchev–Trinajstić information content (AvgIpc) is 2.46. The van der Waals surface area contributed by atoms with Gasteiger partial charge in [0.1, 0.15) is 5.75 Å². The van der Waals surface area contributed by atoms with Gasteiger partial charge in [-0.3, -0.25) is 0 Å². The Morgan fingerprint density at radius 1 is 1.37 bits per heavy atom. The number of nitrogens with one attached hydrogen (secondary N) is 1. The van der Waals surface area contributed by atoms with Crippen LogP contribution in [0, 0.1) is 0 Å². The van der Waals surface area contributed by atoms with Crippen LogP contribution in [0.3, 0.4) is 0 Å². The van der Waals surface area contributed by atoms with E-state index in [-0.39, 0.29) is 6.10 Å². The van der Waals surface area contributed by atoms with Gasteiger partial charge in [0, 0.05) is 6.61 Å². The number of rotatable bonds is 6. The summed E-state index contributed by atoms with van der Waals surface area (Å²) in [7, 11) is 3.73. The third kappa shape index (κ3) is 3.28. The summed E-state index contributed by atoms with van der Waals surface area (Å²) in [4.78, 5) is 0. The monoisotopic (exact) mass is 263 g/mol. The molecular weight excluding hydrogens is 238 g/mol. The summed E-state index contributed by atoms with van der Waals surface area (Å²) in [5, 5.41) is 3.41. The first kappa shape index (κ1) is 14.4. The Hall–Kier alpha value is -1.06. The van der Waals surface area contributed by atoms with Gasteiger partial charge in [-0.15, -0.1) is 0 Å². The van der Waals surface area contributed by atoms with Crippen LogP contribution < -0.4 is 10.1 Å². The predicted octanol–water partition coefficient (Wildman–Crippen LogP) is 3.09. The van der Waals surface area contributed by atoms with Gasteiger partial charge in [-0.2, -0.15) is 0 Å². The maximum atomic E-state index is 6.05. The summed E-state index contributed by atoms with van der Waals surface area (Å²) in [6.07, 6.45) is 4.77. The lowest BCUT2D eigenvalue weighted by atomic mass is 9.85. The molecule has 3 heteroatoms. The molecule has 1 aromatic carbocycles. The second kappa shape index (κ2) is 6.92. The Bertz CT molecular complexity index is 406. The van der Waals surface area contributed by atoms with Gasteiger partial charge in [0.15, 0.2) is 0 Å². The van der Waals surface area contributed by atoms with E-state index in [0.29, 0.717) is 6.04 Å². The number of hydrogen-bond donors (Lipinski definition) is 1. The molecule has 2 unspecified atom stereocenters. The SMILES string of the molecule is CCCCOC1CCc2cc(OC)ccc2C1NC. The van der Waals surface area contributed by atoms with Gasteiger partial charge in [0.25, 0.3) is 0 Å². The van der Waals surface area contributed by atoms with E-state index in [9.17, 15) is 0 Å². The molecular formula is C16H25NO2. The number of fused-ring (bicyclic) bond motifs is 1. The van der Waals surface area contributed by atoms with E-state index in [2.05, 4.69) is 24.4 Å². The number of hydrogen-bond acceptors (Lipinski definition) is 3. The standard InChI is InChI=1S/C16H25NO2/c1-4-5-10-19-15-9-6-12-11-13(18-3)7-8-14(12)16(15)17-2/h7-8,11,15-17H,4-6,9-10H2,1-3H3. The summed E-state index contributed by atoms with van der Waals surface area (Å²) in [5.41, 5.74) is 2.74. The molecule has 0 spiro atoms. The van der Waals surface area contributed by atoms with Crippen LogP contribution in [0.2, 0.25) is 0 Å². The van der Waals surface area contributed by atoms with E-state index >= 15 is 0 Å². The van der Waals surface area contributed by atoms with Crippen LogP contribution >= 0.6 is 0 Å². The molecule has 0 saturated carbocycles. The fourth-order valence-electron chi connectivity index (χ4n) is 2.79. The van der Waals surface area contributed by atoms with Crippen molar-refractivity contribution < 1.29 is 9.47 Å². The first-order valence-electron chi connectivity index (χ1n) is 7.25. The lowest BCUT2D eigenvalue weighted by Gasteiger charge is -2.33. The van der Waals surface area contributed by atoms with Crippen molar-refractivity contribution in [3.05, 3.63) is 29.3 Å². The van der Waals surface area contributed by atoms with Crippen LogP contribution in [0.1, 0.15) is 43.4 Å². The number of likely N-dealkylation sites (N-methyl/N-ethyl adjacent to an activating group) is 1. The number of unbranched alkanes of at least 4 members (excludes halogenated alkanes) is 1. The molecule has 0 saturated heterocycles. The smallest absolute Gasteiger partial charge is 0.119 e. The lowest BCUT2D eigenvalue weighted by molar-refractivity contribution is 0.0160. The van der Waals surface area contributed by atoms with Gasteiger partial charge in [0.2, 0.25) is 0 Å². The van der Waals surface area contributed by atoms with Crippen molar-refractivity contribution in [1.82, 2.24) is 5.32 Å². The van der Waals surface area contributed by atoms with Gasteiger partial charge in [0.05, 0.1) is 19.3 Å². The fourth-order valence-corrected chi connectivity index (χ4v) is 2.79. The van der Waals surface area contributed by atoms with E-state index in [4.69, 9.17) is 9.47 Å². The minimum Gasteiger partial charge on any atom is -0.497 e. The minimum atomic E-state index is 0.289. The molecule has 1 aliphatic carbocycles. The zero-order chi connectivity index (χ0) is 13.7. The van der Waals surface area contributed by atoms with Crippen molar-refractivity contribution in [2.75, 3.05) is 20.8 Å². The second-order valence-electron chi connectivity index (χ2n) is 5.13. The molecule has 1 N–H and O–H groups in total. The van der Waals surface area contributed by atoms with Gasteiger partial charge >= 0.3 is 0 Å². The van der Waals surface area contributed by atoms with Crippen LogP contribution in [0.25, 0.3) is 0 Å². The summed E-state index contributed by atoms with van der Waals surface area (Å²) in [6, 6.07) is 6.66. The van der Waals surface area contributed by atoms with Gasteiger partial charge in [-0.05, 0) is 49.6 Å². The second-order valence-corrected chi connectivity index (χ2v) is 5.13. The largest absolute Gasteiger partial charge is 0.497 e. The third-order valence-corrected chi connectivity index (χ3v) is 3.90. The van der Waals surface area contributed by atoms with Crippen molar-refractivity contribution >= 4 is 0 Å². The maximum absolute atomic E-state index is 6.05. The zero-order valence-electron chi connectivity index (χ0n) is 12.2. The first-order valence-corrected chi connectivity index (χ1v) is 7.25. The van der Waals surface area contributed by atoms with Crippen LogP contribution in [0.15, 0.2) is 18.2 Å². The lowest BCUT2D eigenvalue weighted by Crippen LogP contribution is -2.36. The molecule has 19 heavy (non-hydrogen) atoms. The van der Waals surface area contributed by atoms with Crippen molar-refractivity contribution in [3.8, 4) is 5.75 Å². The van der Waals surface area contributed by atoms with Crippen molar-refractivity contribution in [1.29, 1.82) is 0 Å². The van der Waals surface area contributed by atoms with E-state index in [0.717, 1.165) is 31.6 Å². The molecule has 0 aliphatic heterocycles. The van der Waals surface area contributed by atoms with Gasteiger partial charge in [-0.25, -0.2) is 0 Å². The molecule has 106 valence electrons. The van der Waals surface area contributed by atoms with Gasteiger partial charge in [-0.1, -0.05) is 19.4 Å². The van der Waals surface area contributed by atoms with Crippen molar-refractivity contribution in [2.24, 2.45) is 0 Å². The normalized spacial score (nSPS) is 22.1. The van der Waals surface area contributed by atoms with Crippen LogP contribution in [0.5, 0.6) is 5.75 Å². The number of aryl methyl sites for hydroxylation is 1. The highest BCUT2D eigenvalue weighted by Gasteiger charge is 2.29. The minimum absolute atomic E-state index is 0.289. The van der Waals surface area contributed by atoms with Crippen LogP contribution in [0.4, 0.5) is 0 Å². The van der Waals surface area contributed by atoms with Crippen molar-refractivity contribution in [3.63, 3.8) is 0 Å². The highest BCUT2D eigenvalue weighted by Crippen LogP contribution is 2.33. The Labute approximate surface area is 116 Å².